The summed E-state index contributed by atoms with van der Waals surface area (Å²) in [6.07, 6.45) is 2.26. The molecule has 0 spiro atoms. The smallest absolute Gasteiger partial charge is 0.270 e. The van der Waals surface area contributed by atoms with Crippen LogP contribution in [0.4, 0.5) is 5.69 Å². The highest BCUT2D eigenvalue weighted by molar-refractivity contribution is 8.01. The number of likely N-dealkylation sites (tertiary alicyclic amines) is 1. The van der Waals surface area contributed by atoms with E-state index in [9.17, 15) is 14.9 Å². The van der Waals surface area contributed by atoms with Crippen molar-refractivity contribution in [2.24, 2.45) is 5.92 Å². The van der Waals surface area contributed by atoms with Crippen LogP contribution in [0.3, 0.4) is 0 Å². The van der Waals surface area contributed by atoms with Crippen molar-refractivity contribution in [3.63, 3.8) is 0 Å². The Morgan fingerprint density at radius 2 is 2.39 bits per heavy atom. The van der Waals surface area contributed by atoms with Crippen molar-refractivity contribution in [3.05, 3.63) is 28.3 Å². The third-order valence-electron chi connectivity index (χ3n) is 3.89. The molecule has 1 amide bonds. The summed E-state index contributed by atoms with van der Waals surface area (Å²) in [5, 5.41) is 10.8. The van der Waals surface area contributed by atoms with Gasteiger partial charge in [-0.25, -0.2) is 4.98 Å². The van der Waals surface area contributed by atoms with E-state index in [0.717, 1.165) is 34.1 Å². The molecule has 1 aliphatic heterocycles. The Hall–Kier alpha value is -1.67. The quantitative estimate of drug-likeness (QED) is 0.478. The lowest BCUT2D eigenvalue weighted by molar-refractivity contribution is -0.384. The number of nitro groups is 1. The van der Waals surface area contributed by atoms with Crippen molar-refractivity contribution in [2.45, 2.75) is 24.1 Å². The number of rotatable bonds is 4. The Morgan fingerprint density at radius 3 is 3.13 bits per heavy atom. The van der Waals surface area contributed by atoms with Gasteiger partial charge in [0, 0.05) is 25.2 Å². The zero-order valence-electron chi connectivity index (χ0n) is 12.7. The summed E-state index contributed by atoms with van der Waals surface area (Å²) in [5.74, 6) is 1.08. The molecule has 0 radical (unpaired) electrons. The van der Waals surface area contributed by atoms with Crippen LogP contribution in [0.5, 0.6) is 0 Å². The van der Waals surface area contributed by atoms with Gasteiger partial charge < -0.3 is 4.90 Å². The van der Waals surface area contributed by atoms with E-state index < -0.39 is 4.92 Å². The maximum Gasteiger partial charge on any atom is 0.270 e. The lowest BCUT2D eigenvalue weighted by Crippen LogP contribution is -2.40. The Kier molecular flexibility index (Phi) is 4.82. The molecule has 1 fully saturated rings. The minimum Gasteiger partial charge on any atom is -0.342 e. The summed E-state index contributed by atoms with van der Waals surface area (Å²) in [4.78, 5) is 29.0. The highest BCUT2D eigenvalue weighted by Gasteiger charge is 2.21. The fourth-order valence-corrected chi connectivity index (χ4v) is 4.70. The van der Waals surface area contributed by atoms with E-state index in [1.807, 2.05) is 4.90 Å². The van der Waals surface area contributed by atoms with Gasteiger partial charge in [-0.1, -0.05) is 18.7 Å². The van der Waals surface area contributed by atoms with Gasteiger partial charge in [0.15, 0.2) is 4.34 Å². The Bertz CT molecular complexity index is 747. The maximum absolute atomic E-state index is 12.3. The van der Waals surface area contributed by atoms with Crippen LogP contribution in [0.25, 0.3) is 10.2 Å². The highest BCUT2D eigenvalue weighted by atomic mass is 32.2. The van der Waals surface area contributed by atoms with Crippen molar-refractivity contribution in [1.29, 1.82) is 0 Å². The highest BCUT2D eigenvalue weighted by Crippen LogP contribution is 2.32. The first kappa shape index (κ1) is 16.2. The van der Waals surface area contributed by atoms with E-state index in [1.165, 1.54) is 41.7 Å². The minimum atomic E-state index is -0.410. The first-order chi connectivity index (χ1) is 11.0. The Balaban J connectivity index is 1.65. The molecule has 1 unspecified atom stereocenters. The minimum absolute atomic E-state index is 0.0658. The Morgan fingerprint density at radius 1 is 1.57 bits per heavy atom. The first-order valence-corrected chi connectivity index (χ1v) is 9.28. The van der Waals surface area contributed by atoms with E-state index in [-0.39, 0.29) is 11.6 Å². The molecule has 2 aromatic rings. The zero-order chi connectivity index (χ0) is 16.4. The predicted octanol–water partition coefficient (Wildman–Crippen LogP) is 3.56. The molecule has 1 aromatic heterocycles. The van der Waals surface area contributed by atoms with Gasteiger partial charge >= 0.3 is 0 Å². The molecule has 8 heteroatoms. The average Bonchev–Trinajstić information content (AvgIpc) is 2.94. The molecule has 23 heavy (non-hydrogen) atoms. The van der Waals surface area contributed by atoms with Crippen LogP contribution < -0.4 is 0 Å². The number of nitrogens with zero attached hydrogens (tertiary/aromatic N) is 3. The number of piperidine rings is 1. The van der Waals surface area contributed by atoms with Crippen LogP contribution in [0.2, 0.25) is 0 Å². The fourth-order valence-electron chi connectivity index (χ4n) is 2.70. The largest absolute Gasteiger partial charge is 0.342 e. The van der Waals surface area contributed by atoms with E-state index in [1.54, 1.807) is 6.07 Å². The molecule has 6 nitrogen and oxygen atoms in total. The number of benzene rings is 1. The van der Waals surface area contributed by atoms with Gasteiger partial charge in [0.05, 0.1) is 20.9 Å². The normalized spacial score (nSPS) is 18.3. The molecule has 0 aliphatic carbocycles. The van der Waals surface area contributed by atoms with Crippen molar-refractivity contribution in [1.82, 2.24) is 9.88 Å². The lowest BCUT2D eigenvalue weighted by Gasteiger charge is -2.30. The molecule has 2 heterocycles. The van der Waals surface area contributed by atoms with Crippen molar-refractivity contribution < 1.29 is 9.72 Å². The second kappa shape index (κ2) is 6.84. The molecule has 3 rings (SSSR count). The average molecular weight is 351 g/mol. The molecule has 122 valence electrons. The predicted molar refractivity (Wildman–Crippen MR) is 92.0 cm³/mol. The molecule has 1 aromatic carbocycles. The van der Waals surface area contributed by atoms with Crippen LogP contribution in [-0.2, 0) is 4.79 Å². The summed E-state index contributed by atoms with van der Waals surface area (Å²) >= 11 is 2.80. The third kappa shape index (κ3) is 3.81. The summed E-state index contributed by atoms with van der Waals surface area (Å²) in [7, 11) is 0. The van der Waals surface area contributed by atoms with E-state index >= 15 is 0 Å². The van der Waals surface area contributed by atoms with Crippen LogP contribution in [0, 0.1) is 16.0 Å². The monoisotopic (exact) mass is 351 g/mol. The SMILES string of the molecule is CC1CCCN(C(=O)CSc2nc3ccc([N+](=O)[O-])cc3s2)C1. The molecule has 1 aliphatic rings. The van der Waals surface area contributed by atoms with Crippen LogP contribution in [0.15, 0.2) is 22.5 Å². The molecule has 0 N–H and O–H groups in total. The number of fused-ring (bicyclic) bond motifs is 1. The summed E-state index contributed by atoms with van der Waals surface area (Å²) in [6, 6.07) is 4.64. The van der Waals surface area contributed by atoms with Crippen LogP contribution in [0.1, 0.15) is 19.8 Å². The molecule has 1 saturated heterocycles. The van der Waals surface area contributed by atoms with Gasteiger partial charge in [-0.05, 0) is 24.8 Å². The van der Waals surface area contributed by atoms with Gasteiger partial charge in [0.1, 0.15) is 0 Å². The van der Waals surface area contributed by atoms with E-state index in [2.05, 4.69) is 11.9 Å². The van der Waals surface area contributed by atoms with E-state index in [4.69, 9.17) is 0 Å². The fraction of sp³-hybridized carbons (Fsp3) is 0.467. The maximum atomic E-state index is 12.3. The van der Waals surface area contributed by atoms with Crippen LogP contribution >= 0.6 is 23.1 Å². The van der Waals surface area contributed by atoms with E-state index in [0.29, 0.717) is 11.7 Å². The summed E-state index contributed by atoms with van der Waals surface area (Å²) < 4.78 is 1.56. The second-order valence-electron chi connectivity index (χ2n) is 5.76. The third-order valence-corrected chi connectivity index (χ3v) is 6.04. The van der Waals surface area contributed by atoms with Crippen molar-refractivity contribution >= 4 is 44.9 Å². The molecule has 0 bridgehead atoms. The van der Waals surface area contributed by atoms with Crippen molar-refractivity contribution in [2.75, 3.05) is 18.8 Å². The summed E-state index contributed by atoms with van der Waals surface area (Å²) in [6.45, 7) is 3.86. The zero-order valence-corrected chi connectivity index (χ0v) is 14.4. The number of amides is 1. The number of carbonyl (C=O) groups is 1. The van der Waals surface area contributed by atoms with Crippen LogP contribution in [-0.4, -0.2) is 39.6 Å². The lowest BCUT2D eigenvalue weighted by atomic mass is 10.0. The Labute approximate surface area is 142 Å². The number of hydrogen-bond acceptors (Lipinski definition) is 6. The topological polar surface area (TPSA) is 76.3 Å². The number of nitro benzene ring substituents is 1. The molecule has 0 saturated carbocycles. The number of thiazole rings is 1. The summed E-state index contributed by atoms with van der Waals surface area (Å²) in [5.41, 5.74) is 0.804. The molecular weight excluding hydrogens is 334 g/mol. The number of carbonyl (C=O) groups excluding carboxylic acids is 1. The van der Waals surface area contributed by atoms with Gasteiger partial charge in [0.2, 0.25) is 5.91 Å². The second-order valence-corrected chi connectivity index (χ2v) is 8.02. The van der Waals surface area contributed by atoms with Crippen molar-refractivity contribution in [3.8, 4) is 0 Å². The van der Waals surface area contributed by atoms with Gasteiger partial charge in [-0.3, -0.25) is 14.9 Å². The van der Waals surface area contributed by atoms with Gasteiger partial charge in [-0.2, -0.15) is 0 Å². The van der Waals surface area contributed by atoms with Gasteiger partial charge in [-0.15, -0.1) is 11.3 Å². The standard InChI is InChI=1S/C15H17N3O3S2/c1-10-3-2-6-17(8-10)14(19)9-22-15-16-12-5-4-11(18(20)21)7-13(12)23-15/h4-5,7,10H,2-3,6,8-9H2,1H3. The number of non-ortho nitro benzene ring substituents is 1. The molecule has 1 atom stereocenters. The number of hydrogen-bond donors (Lipinski definition) is 0. The molecular formula is C15H17N3O3S2. The number of thioether (sulfide) groups is 1. The van der Waals surface area contributed by atoms with Gasteiger partial charge in [0.25, 0.3) is 5.69 Å². The first-order valence-electron chi connectivity index (χ1n) is 7.48. The number of aromatic nitrogens is 1.